The number of aromatic amines is 2. The highest BCUT2D eigenvalue weighted by molar-refractivity contribution is 5.97. The van der Waals surface area contributed by atoms with E-state index in [0.717, 1.165) is 28.1 Å². The van der Waals surface area contributed by atoms with Gasteiger partial charge in [-0.2, -0.15) is 5.10 Å². The Kier molecular flexibility index (Phi) is 4.10. The van der Waals surface area contributed by atoms with E-state index in [1.807, 2.05) is 36.4 Å². The SMILES string of the molecule is COc1ccccc1CNC(=O)c1c[nH]c(-c2n[nH]c3ncccc23)c1. The number of ether oxygens (including phenoxy) is 1. The van der Waals surface area contributed by atoms with Crippen molar-refractivity contribution in [2.24, 2.45) is 0 Å². The molecule has 7 nitrogen and oxygen atoms in total. The van der Waals surface area contributed by atoms with E-state index in [9.17, 15) is 4.79 Å². The van der Waals surface area contributed by atoms with Gasteiger partial charge >= 0.3 is 0 Å². The van der Waals surface area contributed by atoms with Gasteiger partial charge in [-0.05, 0) is 24.3 Å². The molecule has 3 N–H and O–H groups in total. The second-order valence-corrected chi connectivity index (χ2v) is 5.77. The standard InChI is InChI=1S/C19H17N5O2/c1-26-16-7-3-2-5-12(16)10-22-19(25)13-9-15(21-11-13)17-14-6-4-8-20-18(14)24-23-17/h2-9,11,21H,10H2,1H3,(H,22,25)(H,20,23,24). The molecule has 0 saturated heterocycles. The van der Waals surface area contributed by atoms with Crippen LogP contribution in [0.4, 0.5) is 0 Å². The summed E-state index contributed by atoms with van der Waals surface area (Å²) in [5.74, 6) is 0.578. The lowest BCUT2D eigenvalue weighted by Crippen LogP contribution is -2.22. The number of pyridine rings is 1. The summed E-state index contributed by atoms with van der Waals surface area (Å²) >= 11 is 0. The van der Waals surface area contributed by atoms with E-state index in [0.29, 0.717) is 17.8 Å². The van der Waals surface area contributed by atoms with Gasteiger partial charge in [-0.3, -0.25) is 9.89 Å². The maximum Gasteiger partial charge on any atom is 0.253 e. The van der Waals surface area contributed by atoms with E-state index in [1.165, 1.54) is 0 Å². The Morgan fingerprint density at radius 1 is 1.23 bits per heavy atom. The predicted octanol–water partition coefficient (Wildman–Crippen LogP) is 2.89. The number of aromatic nitrogens is 4. The van der Waals surface area contributed by atoms with Crippen molar-refractivity contribution in [2.45, 2.75) is 6.54 Å². The Bertz CT molecular complexity index is 1070. The number of carbonyl (C=O) groups is 1. The largest absolute Gasteiger partial charge is 0.496 e. The Hall–Kier alpha value is -3.61. The van der Waals surface area contributed by atoms with Crippen LogP contribution >= 0.6 is 0 Å². The van der Waals surface area contributed by atoms with E-state index < -0.39 is 0 Å². The Morgan fingerprint density at radius 2 is 2.12 bits per heavy atom. The lowest BCUT2D eigenvalue weighted by Gasteiger charge is -2.08. The van der Waals surface area contributed by atoms with Crippen molar-refractivity contribution in [1.29, 1.82) is 0 Å². The second-order valence-electron chi connectivity index (χ2n) is 5.77. The zero-order valence-corrected chi connectivity index (χ0v) is 14.1. The summed E-state index contributed by atoms with van der Waals surface area (Å²) in [6, 6.07) is 13.2. The summed E-state index contributed by atoms with van der Waals surface area (Å²) in [4.78, 5) is 19.8. The third-order valence-electron chi connectivity index (χ3n) is 4.17. The molecule has 3 aromatic heterocycles. The van der Waals surface area contributed by atoms with Crippen molar-refractivity contribution >= 4 is 16.9 Å². The van der Waals surface area contributed by atoms with Crippen LogP contribution in [0, 0.1) is 0 Å². The summed E-state index contributed by atoms with van der Waals surface area (Å²) in [5, 5.41) is 11.0. The van der Waals surface area contributed by atoms with Crippen LogP contribution in [0.1, 0.15) is 15.9 Å². The van der Waals surface area contributed by atoms with Gasteiger partial charge in [0.15, 0.2) is 5.65 Å². The molecule has 26 heavy (non-hydrogen) atoms. The summed E-state index contributed by atoms with van der Waals surface area (Å²) < 4.78 is 5.30. The molecule has 0 fully saturated rings. The summed E-state index contributed by atoms with van der Waals surface area (Å²) in [6.45, 7) is 0.388. The predicted molar refractivity (Wildman–Crippen MR) is 97.8 cm³/mol. The average Bonchev–Trinajstić information content (AvgIpc) is 3.33. The van der Waals surface area contributed by atoms with Crippen LogP contribution in [0.2, 0.25) is 0 Å². The molecule has 4 rings (SSSR count). The molecular formula is C19H17N5O2. The molecule has 4 aromatic rings. The first-order valence-electron chi connectivity index (χ1n) is 8.14. The zero-order valence-electron chi connectivity index (χ0n) is 14.1. The number of hydrogen-bond donors (Lipinski definition) is 3. The number of benzene rings is 1. The quantitative estimate of drug-likeness (QED) is 0.517. The number of rotatable bonds is 5. The fraction of sp³-hybridized carbons (Fsp3) is 0.105. The lowest BCUT2D eigenvalue weighted by molar-refractivity contribution is 0.0951. The number of hydrogen-bond acceptors (Lipinski definition) is 4. The second kappa shape index (κ2) is 6.72. The third-order valence-corrected chi connectivity index (χ3v) is 4.17. The number of nitrogens with one attached hydrogen (secondary N) is 3. The van der Waals surface area contributed by atoms with E-state index >= 15 is 0 Å². The minimum absolute atomic E-state index is 0.170. The first-order valence-corrected chi connectivity index (χ1v) is 8.14. The van der Waals surface area contributed by atoms with Crippen molar-refractivity contribution in [3.05, 3.63) is 66.0 Å². The normalized spacial score (nSPS) is 10.8. The molecule has 0 unspecified atom stereocenters. The summed E-state index contributed by atoms with van der Waals surface area (Å²) in [6.07, 6.45) is 3.37. The summed E-state index contributed by atoms with van der Waals surface area (Å²) in [7, 11) is 1.61. The van der Waals surface area contributed by atoms with Gasteiger partial charge in [-0.15, -0.1) is 0 Å². The van der Waals surface area contributed by atoms with Crippen LogP contribution in [-0.4, -0.2) is 33.2 Å². The third kappa shape index (κ3) is 2.90. The van der Waals surface area contributed by atoms with Crippen molar-refractivity contribution in [3.8, 4) is 17.1 Å². The smallest absolute Gasteiger partial charge is 0.253 e. The molecule has 0 aliphatic carbocycles. The van der Waals surface area contributed by atoms with Gasteiger partial charge in [0.1, 0.15) is 11.4 Å². The van der Waals surface area contributed by atoms with E-state index in [-0.39, 0.29) is 5.91 Å². The van der Waals surface area contributed by atoms with E-state index in [2.05, 4.69) is 25.5 Å². The fourth-order valence-corrected chi connectivity index (χ4v) is 2.85. The maximum absolute atomic E-state index is 12.5. The molecule has 1 aromatic carbocycles. The van der Waals surface area contributed by atoms with Crippen LogP contribution in [0.3, 0.4) is 0 Å². The monoisotopic (exact) mass is 347 g/mol. The molecule has 1 amide bonds. The molecule has 3 heterocycles. The highest BCUT2D eigenvalue weighted by Crippen LogP contribution is 2.24. The number of fused-ring (bicyclic) bond motifs is 1. The van der Waals surface area contributed by atoms with Crippen LogP contribution < -0.4 is 10.1 Å². The van der Waals surface area contributed by atoms with Crippen LogP contribution in [-0.2, 0) is 6.54 Å². The van der Waals surface area contributed by atoms with Crippen LogP contribution in [0.25, 0.3) is 22.4 Å². The van der Waals surface area contributed by atoms with Gasteiger partial charge < -0.3 is 15.0 Å². The number of H-pyrrole nitrogens is 2. The first kappa shape index (κ1) is 15.9. The van der Waals surface area contributed by atoms with E-state index in [4.69, 9.17) is 4.74 Å². The molecule has 0 radical (unpaired) electrons. The van der Waals surface area contributed by atoms with E-state index in [1.54, 1.807) is 25.6 Å². The van der Waals surface area contributed by atoms with Crippen molar-refractivity contribution in [3.63, 3.8) is 0 Å². The number of amides is 1. The minimum Gasteiger partial charge on any atom is -0.496 e. The molecule has 7 heteroatoms. The Balaban J connectivity index is 1.52. The number of carbonyl (C=O) groups excluding carboxylic acids is 1. The maximum atomic E-state index is 12.5. The zero-order chi connectivity index (χ0) is 17.9. The first-order chi connectivity index (χ1) is 12.8. The van der Waals surface area contributed by atoms with Crippen molar-refractivity contribution in [2.75, 3.05) is 7.11 Å². The number of nitrogens with zero attached hydrogens (tertiary/aromatic N) is 2. The molecule has 0 atom stereocenters. The topological polar surface area (TPSA) is 95.7 Å². The molecule has 0 aliphatic rings. The van der Waals surface area contributed by atoms with Crippen LogP contribution in [0.5, 0.6) is 5.75 Å². The van der Waals surface area contributed by atoms with Gasteiger partial charge in [0.05, 0.1) is 18.4 Å². The number of para-hydroxylation sites is 1. The molecule has 0 bridgehead atoms. The molecule has 0 aliphatic heterocycles. The van der Waals surface area contributed by atoms with Crippen molar-refractivity contribution < 1.29 is 9.53 Å². The van der Waals surface area contributed by atoms with Gasteiger partial charge in [0.2, 0.25) is 0 Å². The number of methoxy groups -OCH3 is 1. The minimum atomic E-state index is -0.170. The van der Waals surface area contributed by atoms with Crippen molar-refractivity contribution in [1.82, 2.24) is 25.5 Å². The average molecular weight is 347 g/mol. The highest BCUT2D eigenvalue weighted by atomic mass is 16.5. The van der Waals surface area contributed by atoms with Gasteiger partial charge in [-0.1, -0.05) is 18.2 Å². The van der Waals surface area contributed by atoms with Gasteiger partial charge in [0.25, 0.3) is 5.91 Å². The lowest BCUT2D eigenvalue weighted by atomic mass is 10.2. The summed E-state index contributed by atoms with van der Waals surface area (Å²) in [5.41, 5.74) is 3.65. The molecular weight excluding hydrogens is 330 g/mol. The Morgan fingerprint density at radius 3 is 3.00 bits per heavy atom. The molecule has 0 spiro atoms. The van der Waals surface area contributed by atoms with Gasteiger partial charge in [-0.25, -0.2) is 4.98 Å². The Labute approximate surface area is 149 Å². The van der Waals surface area contributed by atoms with Crippen LogP contribution in [0.15, 0.2) is 54.9 Å². The highest BCUT2D eigenvalue weighted by Gasteiger charge is 2.14. The fourth-order valence-electron chi connectivity index (χ4n) is 2.85. The molecule has 130 valence electrons. The van der Waals surface area contributed by atoms with Gasteiger partial charge in [0, 0.05) is 29.9 Å². The molecule has 0 saturated carbocycles.